The zero-order chi connectivity index (χ0) is 14.5. The van der Waals surface area contributed by atoms with E-state index in [0.29, 0.717) is 11.5 Å². The molecule has 0 saturated heterocycles. The van der Waals surface area contributed by atoms with Gasteiger partial charge in [-0.05, 0) is 19.1 Å². The predicted molar refractivity (Wildman–Crippen MR) is 68.9 cm³/mol. The van der Waals surface area contributed by atoms with Gasteiger partial charge in [0.25, 0.3) is 11.7 Å². The Morgan fingerprint density at radius 1 is 1.50 bits per heavy atom. The van der Waals surface area contributed by atoms with Crippen LogP contribution in [0.15, 0.2) is 18.3 Å². The summed E-state index contributed by atoms with van der Waals surface area (Å²) in [5, 5.41) is 8.98. The third-order valence-electron chi connectivity index (χ3n) is 2.58. The Balaban J connectivity index is 1.93. The first-order valence-electron chi connectivity index (χ1n) is 6.09. The van der Waals surface area contributed by atoms with Gasteiger partial charge in [0.05, 0.1) is 13.2 Å². The summed E-state index contributed by atoms with van der Waals surface area (Å²) in [6.45, 7) is 2.11. The highest BCUT2D eigenvalue weighted by atomic mass is 16.5. The molecule has 0 radical (unpaired) electrons. The van der Waals surface area contributed by atoms with Crippen LogP contribution in [0.1, 0.15) is 33.9 Å². The van der Waals surface area contributed by atoms with Crippen LogP contribution in [-0.2, 0) is 18.3 Å². The van der Waals surface area contributed by atoms with E-state index in [9.17, 15) is 9.59 Å². The van der Waals surface area contributed by atoms with E-state index in [-0.39, 0.29) is 24.9 Å². The number of hydrogen-bond donors (Lipinski definition) is 2. The number of esters is 1. The number of amides is 1. The normalized spacial score (nSPS) is 10.3. The molecule has 8 heteroatoms. The average Bonchev–Trinajstić information content (AvgIpc) is 3.05. The van der Waals surface area contributed by atoms with Crippen molar-refractivity contribution in [1.29, 1.82) is 0 Å². The van der Waals surface area contributed by atoms with Crippen molar-refractivity contribution in [2.75, 3.05) is 6.61 Å². The van der Waals surface area contributed by atoms with E-state index in [4.69, 9.17) is 4.74 Å². The Morgan fingerprint density at radius 3 is 2.95 bits per heavy atom. The van der Waals surface area contributed by atoms with Crippen LogP contribution < -0.4 is 5.32 Å². The van der Waals surface area contributed by atoms with Crippen molar-refractivity contribution >= 4 is 11.9 Å². The second-order valence-electron chi connectivity index (χ2n) is 4.01. The van der Waals surface area contributed by atoms with E-state index in [1.165, 1.54) is 0 Å². The van der Waals surface area contributed by atoms with Crippen LogP contribution in [-0.4, -0.2) is 38.2 Å². The van der Waals surface area contributed by atoms with Gasteiger partial charge < -0.3 is 14.6 Å². The lowest BCUT2D eigenvalue weighted by Crippen LogP contribution is -2.25. The van der Waals surface area contributed by atoms with Gasteiger partial charge in [0.2, 0.25) is 0 Å². The van der Waals surface area contributed by atoms with Crippen LogP contribution in [0.3, 0.4) is 0 Å². The van der Waals surface area contributed by atoms with E-state index in [2.05, 4.69) is 20.5 Å². The lowest BCUT2D eigenvalue weighted by Gasteiger charge is -2.03. The van der Waals surface area contributed by atoms with Crippen molar-refractivity contribution in [3.05, 3.63) is 35.7 Å². The van der Waals surface area contributed by atoms with Crippen LogP contribution in [0, 0.1) is 0 Å². The molecule has 0 bridgehead atoms. The number of H-pyrrole nitrogens is 1. The SMILES string of the molecule is CCOC(=O)c1n[nH]c(CNC(=O)c2cccn2C)n1. The lowest BCUT2D eigenvalue weighted by atomic mass is 10.4. The van der Waals surface area contributed by atoms with Gasteiger partial charge in [-0.25, -0.2) is 9.78 Å². The van der Waals surface area contributed by atoms with Gasteiger partial charge in [0.1, 0.15) is 11.5 Å². The number of aromatic amines is 1. The quantitative estimate of drug-likeness (QED) is 0.763. The molecule has 0 spiro atoms. The maximum Gasteiger partial charge on any atom is 0.378 e. The van der Waals surface area contributed by atoms with Gasteiger partial charge in [-0.3, -0.25) is 9.89 Å². The van der Waals surface area contributed by atoms with E-state index in [1.807, 2.05) is 0 Å². The second-order valence-corrected chi connectivity index (χ2v) is 4.01. The molecule has 2 aromatic rings. The molecule has 0 aromatic carbocycles. The monoisotopic (exact) mass is 277 g/mol. The summed E-state index contributed by atoms with van der Waals surface area (Å²) in [5.41, 5.74) is 0.537. The van der Waals surface area contributed by atoms with Gasteiger partial charge in [0.15, 0.2) is 0 Å². The summed E-state index contributed by atoms with van der Waals surface area (Å²) in [6, 6.07) is 3.49. The molecule has 1 amide bonds. The molecule has 8 nitrogen and oxygen atoms in total. The summed E-state index contributed by atoms with van der Waals surface area (Å²) in [5.74, 6) is -0.485. The van der Waals surface area contributed by atoms with Crippen molar-refractivity contribution in [2.24, 2.45) is 7.05 Å². The van der Waals surface area contributed by atoms with E-state index >= 15 is 0 Å². The highest BCUT2D eigenvalue weighted by molar-refractivity contribution is 5.92. The Bertz CT molecular complexity index is 616. The van der Waals surface area contributed by atoms with E-state index in [0.717, 1.165) is 0 Å². The first-order chi connectivity index (χ1) is 9.61. The zero-order valence-electron chi connectivity index (χ0n) is 11.2. The van der Waals surface area contributed by atoms with Gasteiger partial charge in [0, 0.05) is 13.2 Å². The molecule has 0 aliphatic heterocycles. The zero-order valence-corrected chi connectivity index (χ0v) is 11.2. The fraction of sp³-hybridized carbons (Fsp3) is 0.333. The van der Waals surface area contributed by atoms with Crippen LogP contribution in [0.4, 0.5) is 0 Å². The highest BCUT2D eigenvalue weighted by Gasteiger charge is 2.14. The first-order valence-corrected chi connectivity index (χ1v) is 6.09. The molecule has 0 fully saturated rings. The molecule has 0 saturated carbocycles. The molecular weight excluding hydrogens is 262 g/mol. The molecular formula is C12H15N5O3. The fourth-order valence-electron chi connectivity index (χ4n) is 1.61. The van der Waals surface area contributed by atoms with Crippen LogP contribution in [0.2, 0.25) is 0 Å². The number of carbonyl (C=O) groups is 2. The molecule has 0 aliphatic carbocycles. The molecule has 0 aliphatic rings. The van der Waals surface area contributed by atoms with Crippen molar-refractivity contribution in [1.82, 2.24) is 25.1 Å². The van der Waals surface area contributed by atoms with E-state index < -0.39 is 5.97 Å². The Morgan fingerprint density at radius 2 is 2.30 bits per heavy atom. The number of hydrogen-bond acceptors (Lipinski definition) is 5. The number of rotatable bonds is 5. The predicted octanol–water partition coefficient (Wildman–Crippen LogP) is 0.250. The van der Waals surface area contributed by atoms with Gasteiger partial charge >= 0.3 is 5.97 Å². The third-order valence-corrected chi connectivity index (χ3v) is 2.58. The van der Waals surface area contributed by atoms with Gasteiger partial charge in [-0.2, -0.15) is 0 Å². The largest absolute Gasteiger partial charge is 0.460 e. The van der Waals surface area contributed by atoms with Crippen molar-refractivity contribution in [3.8, 4) is 0 Å². The Labute approximate surface area is 115 Å². The fourth-order valence-corrected chi connectivity index (χ4v) is 1.61. The lowest BCUT2D eigenvalue weighted by molar-refractivity contribution is 0.0512. The molecule has 2 rings (SSSR count). The third kappa shape index (κ3) is 3.02. The molecule has 20 heavy (non-hydrogen) atoms. The van der Waals surface area contributed by atoms with Gasteiger partial charge in [-0.15, -0.1) is 5.10 Å². The summed E-state index contributed by atoms with van der Waals surface area (Å²) < 4.78 is 6.47. The number of nitrogens with zero attached hydrogens (tertiary/aromatic N) is 3. The topological polar surface area (TPSA) is 102 Å². The number of aryl methyl sites for hydroxylation is 1. The minimum absolute atomic E-state index is 0.0463. The van der Waals surface area contributed by atoms with Crippen molar-refractivity contribution in [2.45, 2.75) is 13.5 Å². The number of nitrogens with one attached hydrogen (secondary N) is 2. The van der Waals surface area contributed by atoms with Crippen molar-refractivity contribution in [3.63, 3.8) is 0 Å². The van der Waals surface area contributed by atoms with E-state index in [1.54, 1.807) is 36.9 Å². The highest BCUT2D eigenvalue weighted by Crippen LogP contribution is 2.00. The molecule has 106 valence electrons. The molecule has 0 atom stereocenters. The summed E-state index contributed by atoms with van der Waals surface area (Å²) >= 11 is 0. The standard InChI is InChI=1S/C12H15N5O3/c1-3-20-12(19)10-14-9(15-16-10)7-13-11(18)8-5-4-6-17(8)2/h4-6H,3,7H2,1-2H3,(H,13,18)(H,14,15,16). The molecule has 0 unspecified atom stereocenters. The Kier molecular flexibility index (Phi) is 4.14. The number of aromatic nitrogens is 4. The summed E-state index contributed by atoms with van der Waals surface area (Å²) in [6.07, 6.45) is 1.78. The average molecular weight is 277 g/mol. The second kappa shape index (κ2) is 6.00. The molecule has 2 heterocycles. The number of ether oxygens (including phenoxy) is 1. The van der Waals surface area contributed by atoms with Crippen molar-refractivity contribution < 1.29 is 14.3 Å². The molecule has 2 aromatic heterocycles. The Hall–Kier alpha value is -2.64. The van der Waals surface area contributed by atoms with Gasteiger partial charge in [-0.1, -0.05) is 0 Å². The van der Waals surface area contributed by atoms with Crippen LogP contribution in [0.5, 0.6) is 0 Å². The van der Waals surface area contributed by atoms with Crippen LogP contribution in [0.25, 0.3) is 0 Å². The van der Waals surface area contributed by atoms with Crippen LogP contribution >= 0.6 is 0 Å². The molecule has 2 N–H and O–H groups in total. The smallest absolute Gasteiger partial charge is 0.378 e. The maximum atomic E-state index is 11.9. The first kappa shape index (κ1) is 13.8. The minimum Gasteiger partial charge on any atom is -0.460 e. The summed E-state index contributed by atoms with van der Waals surface area (Å²) in [4.78, 5) is 27.2. The minimum atomic E-state index is -0.594. The maximum absolute atomic E-state index is 11.9. The number of carbonyl (C=O) groups excluding carboxylic acids is 2. The summed E-state index contributed by atoms with van der Waals surface area (Å²) in [7, 11) is 1.78.